The van der Waals surface area contributed by atoms with E-state index in [1.54, 1.807) is 6.07 Å². The summed E-state index contributed by atoms with van der Waals surface area (Å²) in [5, 5.41) is 0. The smallest absolute Gasteiger partial charge is 0.240 e. The summed E-state index contributed by atoms with van der Waals surface area (Å²) >= 11 is 3.24. The van der Waals surface area contributed by atoms with E-state index in [9.17, 15) is 8.42 Å². The second-order valence-electron chi connectivity index (χ2n) is 3.19. The van der Waals surface area contributed by atoms with E-state index < -0.39 is 10.0 Å². The van der Waals surface area contributed by atoms with Crippen molar-refractivity contribution in [2.24, 2.45) is 0 Å². The number of hydrogen-bond acceptors (Lipinski definition) is 4. The maximum Gasteiger partial charge on any atom is 0.240 e. The fourth-order valence-corrected chi connectivity index (χ4v) is 2.91. The standard InChI is InChI=1S/C10H14BrNO4S/c1-15-6-5-12-17(13,14)8-3-4-10(16-2)9(11)7-8/h3-4,7,12H,5-6H2,1-2H3. The third kappa shape index (κ3) is 3.95. The molecule has 0 aliphatic rings. The Hall–Kier alpha value is -0.630. The van der Waals surface area contributed by atoms with Crippen molar-refractivity contribution >= 4 is 26.0 Å². The zero-order valence-corrected chi connectivity index (χ0v) is 12.0. The monoisotopic (exact) mass is 323 g/mol. The summed E-state index contributed by atoms with van der Waals surface area (Å²) in [5.41, 5.74) is 0. The van der Waals surface area contributed by atoms with Gasteiger partial charge in [-0.25, -0.2) is 13.1 Å². The molecule has 0 bridgehead atoms. The van der Waals surface area contributed by atoms with Crippen molar-refractivity contribution in [1.82, 2.24) is 4.72 Å². The van der Waals surface area contributed by atoms with Crippen LogP contribution in [0.1, 0.15) is 0 Å². The summed E-state index contributed by atoms with van der Waals surface area (Å²) in [7, 11) is -0.464. The molecular weight excluding hydrogens is 310 g/mol. The van der Waals surface area contributed by atoms with E-state index in [0.717, 1.165) is 0 Å². The van der Waals surface area contributed by atoms with Crippen LogP contribution in [0.15, 0.2) is 27.6 Å². The van der Waals surface area contributed by atoms with Crippen LogP contribution in [-0.2, 0) is 14.8 Å². The lowest BCUT2D eigenvalue weighted by Gasteiger charge is -2.08. The van der Waals surface area contributed by atoms with E-state index in [2.05, 4.69) is 20.7 Å². The number of hydrogen-bond donors (Lipinski definition) is 1. The summed E-state index contributed by atoms with van der Waals surface area (Å²) in [6, 6.07) is 4.57. The molecule has 17 heavy (non-hydrogen) atoms. The Kier molecular flexibility index (Phi) is 5.38. The number of ether oxygens (including phenoxy) is 2. The normalized spacial score (nSPS) is 11.5. The van der Waals surface area contributed by atoms with Crippen molar-refractivity contribution < 1.29 is 17.9 Å². The van der Waals surface area contributed by atoms with Gasteiger partial charge in [-0.15, -0.1) is 0 Å². The fourth-order valence-electron chi connectivity index (χ4n) is 1.18. The molecule has 0 aromatic heterocycles. The molecule has 1 aromatic carbocycles. The Bertz CT molecular complexity index is 475. The third-order valence-electron chi connectivity index (χ3n) is 2.03. The number of benzene rings is 1. The van der Waals surface area contributed by atoms with Gasteiger partial charge in [0.1, 0.15) is 5.75 Å². The molecule has 0 saturated heterocycles. The Balaban J connectivity index is 2.88. The molecule has 0 aliphatic carbocycles. The topological polar surface area (TPSA) is 64.6 Å². The highest BCUT2D eigenvalue weighted by Gasteiger charge is 2.14. The van der Waals surface area contributed by atoms with Crippen LogP contribution in [0.4, 0.5) is 0 Å². The molecular formula is C10H14BrNO4S. The SMILES string of the molecule is COCCNS(=O)(=O)c1ccc(OC)c(Br)c1. The number of nitrogens with one attached hydrogen (secondary N) is 1. The molecule has 1 rings (SSSR count). The van der Waals surface area contributed by atoms with E-state index in [1.807, 2.05) is 0 Å². The molecule has 0 atom stereocenters. The molecule has 1 aromatic rings. The van der Waals surface area contributed by atoms with E-state index in [-0.39, 0.29) is 11.4 Å². The summed E-state index contributed by atoms with van der Waals surface area (Å²) in [5.74, 6) is 0.584. The van der Waals surface area contributed by atoms with Crippen LogP contribution < -0.4 is 9.46 Å². The molecule has 0 heterocycles. The minimum atomic E-state index is -3.50. The highest BCUT2D eigenvalue weighted by atomic mass is 79.9. The highest BCUT2D eigenvalue weighted by molar-refractivity contribution is 9.10. The van der Waals surface area contributed by atoms with Crippen LogP contribution in [0.25, 0.3) is 0 Å². The summed E-state index contributed by atoms with van der Waals surface area (Å²) in [6.45, 7) is 0.568. The van der Waals surface area contributed by atoms with E-state index in [1.165, 1.54) is 26.4 Å². The lowest BCUT2D eigenvalue weighted by atomic mass is 10.3. The Morgan fingerprint density at radius 2 is 2.06 bits per heavy atom. The first-order chi connectivity index (χ1) is 8.01. The molecule has 0 saturated carbocycles. The largest absolute Gasteiger partial charge is 0.496 e. The van der Waals surface area contributed by atoms with Gasteiger partial charge in [0, 0.05) is 13.7 Å². The Morgan fingerprint density at radius 3 is 2.59 bits per heavy atom. The van der Waals surface area contributed by atoms with Crippen molar-refractivity contribution in [2.75, 3.05) is 27.4 Å². The van der Waals surface area contributed by atoms with Gasteiger partial charge in [0.15, 0.2) is 0 Å². The lowest BCUT2D eigenvalue weighted by Crippen LogP contribution is -2.27. The van der Waals surface area contributed by atoms with Gasteiger partial charge in [0.05, 0.1) is 23.1 Å². The first-order valence-corrected chi connectivity index (χ1v) is 7.11. The van der Waals surface area contributed by atoms with Gasteiger partial charge in [-0.1, -0.05) is 0 Å². The third-order valence-corrected chi connectivity index (χ3v) is 4.11. The minimum absolute atomic E-state index is 0.182. The van der Waals surface area contributed by atoms with Gasteiger partial charge in [-0.2, -0.15) is 0 Å². The second-order valence-corrected chi connectivity index (χ2v) is 5.81. The molecule has 5 nitrogen and oxygen atoms in total. The van der Waals surface area contributed by atoms with Crippen molar-refractivity contribution in [1.29, 1.82) is 0 Å². The van der Waals surface area contributed by atoms with Crippen molar-refractivity contribution in [3.8, 4) is 5.75 Å². The average molecular weight is 324 g/mol. The molecule has 0 fully saturated rings. The van der Waals surface area contributed by atoms with Crippen LogP contribution in [0.5, 0.6) is 5.75 Å². The average Bonchev–Trinajstić information content (AvgIpc) is 2.29. The number of methoxy groups -OCH3 is 2. The highest BCUT2D eigenvalue weighted by Crippen LogP contribution is 2.27. The lowest BCUT2D eigenvalue weighted by molar-refractivity contribution is 0.204. The Morgan fingerprint density at radius 1 is 1.35 bits per heavy atom. The number of halogens is 1. The second kappa shape index (κ2) is 6.34. The maximum absolute atomic E-state index is 11.8. The molecule has 0 aliphatic heterocycles. The van der Waals surface area contributed by atoms with E-state index >= 15 is 0 Å². The zero-order valence-electron chi connectivity index (χ0n) is 9.57. The molecule has 0 spiro atoms. The van der Waals surface area contributed by atoms with Crippen LogP contribution in [0, 0.1) is 0 Å². The summed E-state index contributed by atoms with van der Waals surface area (Å²) in [6.07, 6.45) is 0. The van der Waals surface area contributed by atoms with Crippen molar-refractivity contribution in [3.63, 3.8) is 0 Å². The number of rotatable bonds is 6. The van der Waals surface area contributed by atoms with Crippen molar-refractivity contribution in [3.05, 3.63) is 22.7 Å². The first-order valence-electron chi connectivity index (χ1n) is 4.83. The van der Waals surface area contributed by atoms with E-state index in [4.69, 9.17) is 9.47 Å². The van der Waals surface area contributed by atoms with Gasteiger partial charge < -0.3 is 9.47 Å². The molecule has 0 unspecified atom stereocenters. The van der Waals surface area contributed by atoms with Gasteiger partial charge in [-0.3, -0.25) is 0 Å². The van der Waals surface area contributed by atoms with Crippen molar-refractivity contribution in [2.45, 2.75) is 4.90 Å². The molecule has 96 valence electrons. The van der Waals surface area contributed by atoms with E-state index in [0.29, 0.717) is 16.8 Å². The Labute approximate surface area is 109 Å². The minimum Gasteiger partial charge on any atom is -0.496 e. The fraction of sp³-hybridized carbons (Fsp3) is 0.400. The predicted molar refractivity (Wildman–Crippen MR) is 67.8 cm³/mol. The molecule has 1 N–H and O–H groups in total. The number of sulfonamides is 1. The predicted octanol–water partition coefficient (Wildman–Crippen LogP) is 1.38. The van der Waals surface area contributed by atoms with Gasteiger partial charge in [-0.05, 0) is 34.1 Å². The molecule has 0 amide bonds. The quantitative estimate of drug-likeness (QED) is 0.803. The summed E-state index contributed by atoms with van der Waals surface area (Å²) in [4.78, 5) is 0.182. The maximum atomic E-state index is 11.8. The zero-order chi connectivity index (χ0) is 12.9. The van der Waals surface area contributed by atoms with Gasteiger partial charge in [0.2, 0.25) is 10.0 Å². The molecule has 7 heteroatoms. The molecule has 0 radical (unpaired) electrons. The van der Waals surface area contributed by atoms with Crippen LogP contribution in [0.3, 0.4) is 0 Å². The van der Waals surface area contributed by atoms with Gasteiger partial charge in [0.25, 0.3) is 0 Å². The van der Waals surface area contributed by atoms with Crippen LogP contribution in [-0.4, -0.2) is 35.8 Å². The summed E-state index contributed by atoms with van der Waals surface area (Å²) < 4.78 is 36.5. The van der Waals surface area contributed by atoms with Crippen LogP contribution in [0.2, 0.25) is 0 Å². The van der Waals surface area contributed by atoms with Gasteiger partial charge >= 0.3 is 0 Å². The van der Waals surface area contributed by atoms with Crippen LogP contribution >= 0.6 is 15.9 Å². The first kappa shape index (κ1) is 14.4.